The summed E-state index contributed by atoms with van der Waals surface area (Å²) in [6, 6.07) is 10.5. The molecule has 8 nitrogen and oxygen atoms in total. The van der Waals surface area contributed by atoms with Crippen LogP contribution < -0.4 is 23.8 Å². The van der Waals surface area contributed by atoms with Crippen LogP contribution in [0.2, 0.25) is 0 Å². The molecule has 0 spiro atoms. The van der Waals surface area contributed by atoms with E-state index in [1.807, 2.05) is 0 Å². The maximum absolute atomic E-state index is 13.1. The average molecular weight is 423 g/mol. The zero-order valence-electron chi connectivity index (χ0n) is 17.1. The monoisotopic (exact) mass is 422 g/mol. The van der Waals surface area contributed by atoms with Gasteiger partial charge in [0.25, 0.3) is 0 Å². The summed E-state index contributed by atoms with van der Waals surface area (Å²) in [5.41, 5.74) is 0.723. The lowest BCUT2D eigenvalue weighted by Gasteiger charge is -2.30. The van der Waals surface area contributed by atoms with Crippen molar-refractivity contribution in [3.63, 3.8) is 0 Å². The Kier molecular flexibility index (Phi) is 7.33. The van der Waals surface area contributed by atoms with E-state index in [-0.39, 0.29) is 6.42 Å². The number of amides is 1. The Hall–Kier alpha value is -2.94. The first-order chi connectivity index (χ1) is 13.7. The van der Waals surface area contributed by atoms with Crippen molar-refractivity contribution in [3.8, 4) is 17.2 Å². The molecule has 0 saturated carbocycles. The number of benzene rings is 2. The van der Waals surface area contributed by atoms with E-state index in [0.29, 0.717) is 28.6 Å². The van der Waals surface area contributed by atoms with Gasteiger partial charge in [-0.15, -0.1) is 0 Å². The van der Waals surface area contributed by atoms with E-state index in [4.69, 9.17) is 14.2 Å². The second-order valence-corrected chi connectivity index (χ2v) is 8.10. The van der Waals surface area contributed by atoms with E-state index in [1.165, 1.54) is 21.3 Å². The minimum absolute atomic E-state index is 0.252. The maximum atomic E-state index is 13.1. The summed E-state index contributed by atoms with van der Waals surface area (Å²) >= 11 is 0. The van der Waals surface area contributed by atoms with Gasteiger partial charge < -0.3 is 19.5 Å². The number of methoxy groups -OCH3 is 3. The van der Waals surface area contributed by atoms with Crippen molar-refractivity contribution in [3.05, 3.63) is 42.5 Å². The van der Waals surface area contributed by atoms with Gasteiger partial charge in [0.05, 0.1) is 39.0 Å². The molecule has 2 aromatic carbocycles. The Labute approximate surface area is 171 Å². The summed E-state index contributed by atoms with van der Waals surface area (Å²) in [5.74, 6) is 0.955. The molecule has 29 heavy (non-hydrogen) atoms. The molecular weight excluding hydrogens is 396 g/mol. The van der Waals surface area contributed by atoms with Gasteiger partial charge in [-0.3, -0.25) is 9.10 Å². The average Bonchev–Trinajstić information content (AvgIpc) is 2.70. The smallest absolute Gasteiger partial charge is 0.248 e. The number of anilines is 2. The zero-order chi connectivity index (χ0) is 21.6. The summed E-state index contributed by atoms with van der Waals surface area (Å²) in [6.07, 6.45) is 1.32. The minimum atomic E-state index is -3.76. The Morgan fingerprint density at radius 1 is 1.03 bits per heavy atom. The molecule has 0 unspecified atom stereocenters. The number of nitrogens with zero attached hydrogens (tertiary/aromatic N) is 1. The molecule has 2 aromatic rings. The van der Waals surface area contributed by atoms with E-state index in [2.05, 4.69) is 5.32 Å². The van der Waals surface area contributed by atoms with Gasteiger partial charge in [0, 0.05) is 12.1 Å². The molecule has 1 amide bonds. The van der Waals surface area contributed by atoms with Crippen LogP contribution in [-0.2, 0) is 14.8 Å². The number of sulfonamides is 1. The second-order valence-electron chi connectivity index (χ2n) is 6.24. The van der Waals surface area contributed by atoms with E-state index < -0.39 is 22.0 Å². The predicted octanol–water partition coefficient (Wildman–Crippen LogP) is 2.90. The molecule has 0 radical (unpaired) electrons. The lowest BCUT2D eigenvalue weighted by molar-refractivity contribution is -0.117. The topological polar surface area (TPSA) is 94.2 Å². The maximum Gasteiger partial charge on any atom is 0.248 e. The summed E-state index contributed by atoms with van der Waals surface area (Å²) in [7, 11) is 0.720. The van der Waals surface area contributed by atoms with Crippen LogP contribution in [0, 0.1) is 0 Å². The number of hydrogen-bond donors (Lipinski definition) is 1. The fourth-order valence-corrected chi connectivity index (χ4v) is 4.14. The third kappa shape index (κ3) is 5.32. The normalized spacial score (nSPS) is 12.0. The molecule has 2 rings (SSSR count). The summed E-state index contributed by atoms with van der Waals surface area (Å²) < 4.78 is 41.9. The van der Waals surface area contributed by atoms with Crippen LogP contribution in [0.15, 0.2) is 42.5 Å². The van der Waals surface area contributed by atoms with Crippen molar-refractivity contribution >= 4 is 27.3 Å². The molecule has 0 aromatic heterocycles. The lowest BCUT2D eigenvalue weighted by atomic mass is 10.1. The molecule has 0 aliphatic carbocycles. The van der Waals surface area contributed by atoms with E-state index in [9.17, 15) is 13.2 Å². The molecule has 0 heterocycles. The van der Waals surface area contributed by atoms with Gasteiger partial charge in [0.15, 0.2) is 0 Å². The number of carbonyl (C=O) groups is 1. The van der Waals surface area contributed by atoms with Crippen LogP contribution in [0.3, 0.4) is 0 Å². The fraction of sp³-hybridized carbons (Fsp3) is 0.350. The number of ether oxygens (including phenoxy) is 3. The zero-order valence-corrected chi connectivity index (χ0v) is 17.9. The summed E-state index contributed by atoms with van der Waals surface area (Å²) in [6.45, 7) is 1.74. The van der Waals surface area contributed by atoms with Gasteiger partial charge in [-0.05, 0) is 30.7 Å². The van der Waals surface area contributed by atoms with E-state index in [0.717, 1.165) is 10.6 Å². The van der Waals surface area contributed by atoms with Crippen LogP contribution in [0.4, 0.5) is 11.4 Å². The SMILES string of the molecule is CC[C@@H](C(=O)Nc1cc(OC)ccc1OC)N(c1cccc(OC)c1)S(C)(=O)=O. The third-order valence-electron chi connectivity index (χ3n) is 4.30. The minimum Gasteiger partial charge on any atom is -0.497 e. The highest BCUT2D eigenvalue weighted by Gasteiger charge is 2.32. The largest absolute Gasteiger partial charge is 0.497 e. The van der Waals surface area contributed by atoms with Crippen LogP contribution in [-0.4, -0.2) is 48.0 Å². The Morgan fingerprint density at radius 2 is 1.69 bits per heavy atom. The van der Waals surface area contributed by atoms with E-state index >= 15 is 0 Å². The van der Waals surface area contributed by atoms with E-state index in [1.54, 1.807) is 49.4 Å². The molecule has 1 N–H and O–H groups in total. The van der Waals surface area contributed by atoms with Crippen molar-refractivity contribution in [2.45, 2.75) is 19.4 Å². The number of carbonyl (C=O) groups excluding carboxylic acids is 1. The quantitative estimate of drug-likeness (QED) is 0.668. The summed E-state index contributed by atoms with van der Waals surface area (Å²) in [5, 5.41) is 2.76. The molecule has 9 heteroatoms. The van der Waals surface area contributed by atoms with Gasteiger partial charge in [0.1, 0.15) is 23.3 Å². The van der Waals surface area contributed by atoms with Gasteiger partial charge in [-0.25, -0.2) is 8.42 Å². The Balaban J connectivity index is 2.44. The second kappa shape index (κ2) is 9.51. The number of rotatable bonds is 9. The van der Waals surface area contributed by atoms with Crippen LogP contribution in [0.1, 0.15) is 13.3 Å². The van der Waals surface area contributed by atoms with Gasteiger partial charge in [-0.2, -0.15) is 0 Å². The molecule has 0 aliphatic heterocycles. The Bertz CT molecular complexity index is 961. The highest BCUT2D eigenvalue weighted by atomic mass is 32.2. The van der Waals surface area contributed by atoms with Crippen LogP contribution >= 0.6 is 0 Å². The van der Waals surface area contributed by atoms with Crippen LogP contribution in [0.5, 0.6) is 17.2 Å². The third-order valence-corrected chi connectivity index (χ3v) is 5.48. The molecule has 0 saturated heterocycles. The number of nitrogens with one attached hydrogen (secondary N) is 1. The molecule has 1 atom stereocenters. The van der Waals surface area contributed by atoms with Gasteiger partial charge in [-0.1, -0.05) is 13.0 Å². The Morgan fingerprint density at radius 3 is 2.24 bits per heavy atom. The first-order valence-electron chi connectivity index (χ1n) is 8.91. The van der Waals surface area contributed by atoms with Crippen LogP contribution in [0.25, 0.3) is 0 Å². The number of hydrogen-bond acceptors (Lipinski definition) is 6. The van der Waals surface area contributed by atoms with Gasteiger partial charge in [0.2, 0.25) is 15.9 Å². The molecule has 158 valence electrons. The highest BCUT2D eigenvalue weighted by molar-refractivity contribution is 7.92. The lowest BCUT2D eigenvalue weighted by Crippen LogP contribution is -2.47. The van der Waals surface area contributed by atoms with Crippen molar-refractivity contribution in [2.24, 2.45) is 0 Å². The fourth-order valence-electron chi connectivity index (χ4n) is 2.94. The molecule has 0 aliphatic rings. The first-order valence-corrected chi connectivity index (χ1v) is 10.8. The van der Waals surface area contributed by atoms with Gasteiger partial charge >= 0.3 is 0 Å². The highest BCUT2D eigenvalue weighted by Crippen LogP contribution is 2.31. The standard InChI is InChI=1S/C20H26N2O6S/c1-6-18(20(23)21-17-13-16(27-3)10-11-19(17)28-4)22(29(5,24)25)14-8-7-9-15(12-14)26-2/h7-13,18H,6H2,1-5H3,(H,21,23)/t18-/m0/s1. The predicted molar refractivity (Wildman–Crippen MR) is 113 cm³/mol. The molecular formula is C20H26N2O6S. The van der Waals surface area contributed by atoms with Crippen molar-refractivity contribution in [1.82, 2.24) is 0 Å². The van der Waals surface area contributed by atoms with Crippen molar-refractivity contribution in [2.75, 3.05) is 37.2 Å². The first kappa shape index (κ1) is 22.4. The molecule has 0 bridgehead atoms. The van der Waals surface area contributed by atoms with Crippen molar-refractivity contribution < 1.29 is 27.4 Å². The van der Waals surface area contributed by atoms with Crippen molar-refractivity contribution in [1.29, 1.82) is 0 Å². The molecule has 0 fully saturated rings. The summed E-state index contributed by atoms with van der Waals surface area (Å²) in [4.78, 5) is 13.1.